The van der Waals surface area contributed by atoms with E-state index in [9.17, 15) is 9.59 Å². The molecule has 2 fully saturated rings. The normalized spacial score (nSPS) is 25.2. The Morgan fingerprint density at radius 2 is 2.15 bits per heavy atom. The summed E-state index contributed by atoms with van der Waals surface area (Å²) in [6.45, 7) is 3.70. The van der Waals surface area contributed by atoms with E-state index < -0.39 is 0 Å². The van der Waals surface area contributed by atoms with Gasteiger partial charge in [0.1, 0.15) is 6.29 Å². The second-order valence-electron chi connectivity index (χ2n) is 7.06. The predicted molar refractivity (Wildman–Crippen MR) is 101 cm³/mol. The third kappa shape index (κ3) is 3.72. The van der Waals surface area contributed by atoms with Crippen LogP contribution in [0, 0.1) is 0 Å². The molecule has 2 amide bonds. The highest BCUT2D eigenvalue weighted by Gasteiger charge is 2.30. The summed E-state index contributed by atoms with van der Waals surface area (Å²) in [7, 11) is 0. The van der Waals surface area contributed by atoms with Crippen LogP contribution in [-0.4, -0.2) is 53.2 Å². The Labute approximate surface area is 156 Å². The van der Waals surface area contributed by atoms with Crippen molar-refractivity contribution in [1.29, 1.82) is 0 Å². The van der Waals surface area contributed by atoms with Gasteiger partial charge in [0.05, 0.1) is 15.7 Å². The third-order valence-electron chi connectivity index (χ3n) is 5.06. The van der Waals surface area contributed by atoms with E-state index in [0.29, 0.717) is 12.0 Å². The zero-order valence-corrected chi connectivity index (χ0v) is 15.5. The largest absolute Gasteiger partial charge is 0.349 e. The molecule has 0 bridgehead atoms. The van der Waals surface area contributed by atoms with Gasteiger partial charge in [0.2, 0.25) is 5.91 Å². The van der Waals surface area contributed by atoms with Crippen LogP contribution in [0.25, 0.3) is 10.2 Å². The number of nitrogens with one attached hydrogen (secondary N) is 3. The van der Waals surface area contributed by atoms with Gasteiger partial charge in [-0.2, -0.15) is 0 Å². The number of carbonyl (C=O) groups excluding carboxylic acids is 2. The summed E-state index contributed by atoms with van der Waals surface area (Å²) in [5.41, 5.74) is 3.40. The molecule has 0 aliphatic carbocycles. The summed E-state index contributed by atoms with van der Waals surface area (Å²) >= 11 is 1.54. The zero-order chi connectivity index (χ0) is 18.1. The molecule has 138 valence electrons. The first kappa shape index (κ1) is 17.4. The minimum atomic E-state index is -0.100. The fourth-order valence-corrected chi connectivity index (χ4v) is 4.34. The standard InChI is InChI=1S/C18H23N5O2S/c1-11-8-16(24)22-18(20-11)23-6-4-13(5-7-23)21-17(25)12-2-3-14-15(9-12)26-10-19-14/h2-3,9-11,13,18,20H,4-8H2,1H3,(H,21,25)(H,22,24). The average molecular weight is 373 g/mol. The van der Waals surface area contributed by atoms with Crippen molar-refractivity contribution in [1.82, 2.24) is 25.8 Å². The Morgan fingerprint density at radius 1 is 1.35 bits per heavy atom. The SMILES string of the molecule is CC1CC(=O)NC(N2CCC(NC(=O)c3ccc4ncsc4c3)CC2)N1. The molecule has 0 spiro atoms. The Bertz CT molecular complexity index is 815. The van der Waals surface area contributed by atoms with Gasteiger partial charge in [0.25, 0.3) is 5.91 Å². The van der Waals surface area contributed by atoms with Crippen LogP contribution in [0.2, 0.25) is 0 Å². The van der Waals surface area contributed by atoms with E-state index >= 15 is 0 Å². The maximum absolute atomic E-state index is 12.5. The maximum Gasteiger partial charge on any atom is 0.251 e. The third-order valence-corrected chi connectivity index (χ3v) is 5.85. The summed E-state index contributed by atoms with van der Waals surface area (Å²) < 4.78 is 1.03. The predicted octanol–water partition coefficient (Wildman–Crippen LogP) is 1.27. The zero-order valence-electron chi connectivity index (χ0n) is 14.7. The molecule has 4 rings (SSSR count). The molecular formula is C18H23N5O2S. The molecule has 7 nitrogen and oxygen atoms in total. The number of carbonyl (C=O) groups is 2. The van der Waals surface area contributed by atoms with Crippen LogP contribution in [0.4, 0.5) is 0 Å². The Morgan fingerprint density at radius 3 is 2.92 bits per heavy atom. The molecule has 3 N–H and O–H groups in total. The number of likely N-dealkylation sites (tertiary alicyclic amines) is 1. The fourth-order valence-electron chi connectivity index (χ4n) is 3.62. The van der Waals surface area contributed by atoms with E-state index in [0.717, 1.165) is 36.1 Å². The molecule has 2 atom stereocenters. The van der Waals surface area contributed by atoms with E-state index in [4.69, 9.17) is 0 Å². The number of rotatable bonds is 3. The van der Waals surface area contributed by atoms with Crippen molar-refractivity contribution in [3.8, 4) is 0 Å². The maximum atomic E-state index is 12.5. The van der Waals surface area contributed by atoms with Crippen molar-refractivity contribution in [2.24, 2.45) is 0 Å². The number of hydrogen-bond donors (Lipinski definition) is 3. The summed E-state index contributed by atoms with van der Waals surface area (Å²) in [4.78, 5) is 30.7. The first-order chi connectivity index (χ1) is 12.6. The number of amides is 2. The van der Waals surface area contributed by atoms with E-state index in [1.165, 1.54) is 0 Å². The van der Waals surface area contributed by atoms with Crippen molar-refractivity contribution in [3.63, 3.8) is 0 Å². The lowest BCUT2D eigenvalue weighted by molar-refractivity contribution is -0.127. The molecule has 1 aromatic heterocycles. The molecule has 2 aromatic rings. The number of nitrogens with zero attached hydrogens (tertiary/aromatic N) is 2. The smallest absolute Gasteiger partial charge is 0.251 e. The summed E-state index contributed by atoms with van der Waals surface area (Å²) in [6.07, 6.45) is 2.16. The van der Waals surface area contributed by atoms with Gasteiger partial charge in [-0.15, -0.1) is 11.3 Å². The van der Waals surface area contributed by atoms with Crippen molar-refractivity contribution in [2.45, 2.75) is 44.6 Å². The average Bonchev–Trinajstić information content (AvgIpc) is 3.09. The van der Waals surface area contributed by atoms with Crippen LogP contribution in [-0.2, 0) is 4.79 Å². The molecule has 3 heterocycles. The van der Waals surface area contributed by atoms with Crippen molar-refractivity contribution >= 4 is 33.4 Å². The van der Waals surface area contributed by atoms with E-state index in [1.807, 2.05) is 25.1 Å². The minimum absolute atomic E-state index is 0.0310. The summed E-state index contributed by atoms with van der Waals surface area (Å²) in [5.74, 6) is 0.0617. The van der Waals surface area contributed by atoms with Gasteiger partial charge < -0.3 is 10.6 Å². The van der Waals surface area contributed by atoms with Crippen LogP contribution in [0.15, 0.2) is 23.7 Å². The molecular weight excluding hydrogens is 350 g/mol. The molecule has 2 aliphatic rings. The highest BCUT2D eigenvalue weighted by molar-refractivity contribution is 7.16. The number of aromatic nitrogens is 1. The Hall–Kier alpha value is -2.03. The number of thiazole rings is 1. The molecule has 0 saturated carbocycles. The Balaban J connectivity index is 1.32. The van der Waals surface area contributed by atoms with Crippen LogP contribution < -0.4 is 16.0 Å². The molecule has 2 saturated heterocycles. The monoisotopic (exact) mass is 373 g/mol. The van der Waals surface area contributed by atoms with E-state index in [-0.39, 0.29) is 30.2 Å². The van der Waals surface area contributed by atoms with Crippen LogP contribution in [0.5, 0.6) is 0 Å². The number of piperidine rings is 1. The van der Waals surface area contributed by atoms with Crippen molar-refractivity contribution < 1.29 is 9.59 Å². The van der Waals surface area contributed by atoms with E-state index in [2.05, 4.69) is 25.8 Å². The molecule has 8 heteroatoms. The molecule has 2 unspecified atom stereocenters. The van der Waals surface area contributed by atoms with Gasteiger partial charge in [-0.25, -0.2) is 4.98 Å². The van der Waals surface area contributed by atoms with Gasteiger partial charge >= 0.3 is 0 Å². The molecule has 0 radical (unpaired) electrons. The van der Waals surface area contributed by atoms with Gasteiger partial charge in [0.15, 0.2) is 0 Å². The quantitative estimate of drug-likeness (QED) is 0.754. The molecule has 26 heavy (non-hydrogen) atoms. The van der Waals surface area contributed by atoms with E-state index in [1.54, 1.807) is 16.8 Å². The highest BCUT2D eigenvalue weighted by Crippen LogP contribution is 2.20. The van der Waals surface area contributed by atoms with Gasteiger partial charge in [0, 0.05) is 37.2 Å². The highest BCUT2D eigenvalue weighted by atomic mass is 32.1. The Kier molecular flexibility index (Phi) is 4.88. The minimum Gasteiger partial charge on any atom is -0.349 e. The van der Waals surface area contributed by atoms with Crippen LogP contribution in [0.1, 0.15) is 36.5 Å². The topological polar surface area (TPSA) is 86.4 Å². The summed E-state index contributed by atoms with van der Waals surface area (Å²) in [5, 5.41) is 9.55. The van der Waals surface area contributed by atoms with Gasteiger partial charge in [-0.05, 0) is 38.0 Å². The first-order valence-electron chi connectivity index (χ1n) is 9.02. The number of benzene rings is 1. The number of hydrogen-bond acceptors (Lipinski definition) is 6. The number of fused-ring (bicyclic) bond motifs is 1. The van der Waals surface area contributed by atoms with Crippen LogP contribution in [0.3, 0.4) is 0 Å². The fraction of sp³-hybridized carbons (Fsp3) is 0.500. The van der Waals surface area contributed by atoms with Crippen LogP contribution >= 0.6 is 11.3 Å². The lowest BCUT2D eigenvalue weighted by Crippen LogP contribution is -2.65. The molecule has 2 aliphatic heterocycles. The molecule has 1 aromatic carbocycles. The van der Waals surface area contributed by atoms with Crippen molar-refractivity contribution in [2.75, 3.05) is 13.1 Å². The second-order valence-corrected chi connectivity index (χ2v) is 7.95. The summed E-state index contributed by atoms with van der Waals surface area (Å²) in [6, 6.07) is 5.97. The van der Waals surface area contributed by atoms with Gasteiger partial charge in [-0.3, -0.25) is 19.8 Å². The lowest BCUT2D eigenvalue weighted by Gasteiger charge is -2.41. The second kappa shape index (κ2) is 7.30. The lowest BCUT2D eigenvalue weighted by atomic mass is 10.0. The first-order valence-corrected chi connectivity index (χ1v) is 9.90. The van der Waals surface area contributed by atoms with Crippen molar-refractivity contribution in [3.05, 3.63) is 29.3 Å². The van der Waals surface area contributed by atoms with Gasteiger partial charge in [-0.1, -0.05) is 0 Å².